The Hall–Kier alpha value is -2.25. The van der Waals surface area contributed by atoms with Crippen LogP contribution in [0.3, 0.4) is 0 Å². The highest BCUT2D eigenvalue weighted by Gasteiger charge is 2.48. The fraction of sp³-hybridized carbons (Fsp3) is 0.571. The molecule has 2 rings (SSSR count). The van der Waals surface area contributed by atoms with Crippen LogP contribution in [-0.2, 0) is 28.6 Å². The van der Waals surface area contributed by atoms with E-state index in [-0.39, 0.29) is 18.1 Å². The predicted molar refractivity (Wildman–Crippen MR) is 101 cm³/mol. The average Bonchev–Trinajstić information content (AvgIpc) is 2.97. The lowest BCUT2D eigenvalue weighted by atomic mass is 9.83. The lowest BCUT2D eigenvalue weighted by Crippen LogP contribution is -2.44. The molecule has 1 N–H and O–H groups in total. The van der Waals surface area contributed by atoms with Crippen LogP contribution >= 0.6 is 0 Å². The van der Waals surface area contributed by atoms with E-state index in [0.29, 0.717) is 36.7 Å². The third-order valence-corrected chi connectivity index (χ3v) is 5.35. The summed E-state index contributed by atoms with van der Waals surface area (Å²) < 4.78 is 16.7. The predicted octanol–water partition coefficient (Wildman–Crippen LogP) is 1.89. The number of fused-ring (bicyclic) bond motifs is 1. The molecule has 0 saturated carbocycles. The lowest BCUT2D eigenvalue weighted by Gasteiger charge is -2.33. The number of aliphatic hydroxyl groups is 1. The topological polar surface area (TPSA) is 99.1 Å². The molecule has 0 spiro atoms. The Morgan fingerprint density at radius 3 is 2.79 bits per heavy atom. The van der Waals surface area contributed by atoms with Gasteiger partial charge >= 0.3 is 11.9 Å². The van der Waals surface area contributed by atoms with Crippen molar-refractivity contribution in [2.75, 3.05) is 13.7 Å². The van der Waals surface area contributed by atoms with Gasteiger partial charge in [-0.2, -0.15) is 0 Å². The molecule has 0 bridgehead atoms. The van der Waals surface area contributed by atoms with Crippen LogP contribution in [0.4, 0.5) is 0 Å². The van der Waals surface area contributed by atoms with E-state index in [9.17, 15) is 19.5 Å². The second-order valence-electron chi connectivity index (χ2n) is 7.13. The van der Waals surface area contributed by atoms with E-state index in [4.69, 9.17) is 14.2 Å². The molecule has 0 aromatic rings. The Balaban J connectivity index is 2.56. The number of aldehydes is 1. The minimum Gasteiger partial charge on any atom is -0.458 e. The fourth-order valence-electron chi connectivity index (χ4n) is 3.43. The maximum absolute atomic E-state index is 12.6. The first kappa shape index (κ1) is 22.0. The van der Waals surface area contributed by atoms with E-state index in [0.717, 1.165) is 0 Å². The van der Waals surface area contributed by atoms with Gasteiger partial charge in [0.1, 0.15) is 24.6 Å². The summed E-state index contributed by atoms with van der Waals surface area (Å²) >= 11 is 0. The number of hydrogen-bond donors (Lipinski definition) is 1. The van der Waals surface area contributed by atoms with E-state index >= 15 is 0 Å². The summed E-state index contributed by atoms with van der Waals surface area (Å²) in [5.41, 5.74) is 1.13. The van der Waals surface area contributed by atoms with Crippen molar-refractivity contribution in [3.05, 3.63) is 35.5 Å². The number of rotatable bonds is 6. The maximum atomic E-state index is 12.6. The van der Waals surface area contributed by atoms with E-state index in [1.807, 2.05) is 6.92 Å². The molecular weight excluding hydrogens is 364 g/mol. The number of carbonyl (C=O) groups excluding carboxylic acids is 3. The Labute approximate surface area is 165 Å². The number of methoxy groups -OCH3 is 1. The van der Waals surface area contributed by atoms with Crippen LogP contribution in [0.25, 0.3) is 0 Å². The Morgan fingerprint density at radius 2 is 2.21 bits per heavy atom. The second-order valence-corrected chi connectivity index (χ2v) is 7.13. The Bertz CT molecular complexity index is 691. The van der Waals surface area contributed by atoms with Crippen molar-refractivity contribution >= 4 is 18.2 Å². The number of carbonyl (C=O) groups is 3. The lowest BCUT2D eigenvalue weighted by molar-refractivity contribution is -0.164. The molecule has 0 amide bonds. The summed E-state index contributed by atoms with van der Waals surface area (Å²) in [5, 5.41) is 9.63. The van der Waals surface area contributed by atoms with Gasteiger partial charge in [-0.3, -0.25) is 9.59 Å². The molecule has 0 aromatic heterocycles. The van der Waals surface area contributed by atoms with Crippen LogP contribution in [0.2, 0.25) is 0 Å². The van der Waals surface area contributed by atoms with Crippen LogP contribution in [0.15, 0.2) is 35.5 Å². The zero-order chi connectivity index (χ0) is 20.8. The third kappa shape index (κ3) is 4.59. The van der Waals surface area contributed by atoms with Gasteiger partial charge < -0.3 is 19.3 Å². The van der Waals surface area contributed by atoms with Crippen molar-refractivity contribution in [2.24, 2.45) is 11.8 Å². The Kier molecular flexibility index (Phi) is 7.71. The fourth-order valence-corrected chi connectivity index (χ4v) is 3.43. The SMILES string of the molecule is C=C1C(=O)O[C@@H]2/C=C(\CO)CC/C=C(\C=O)[C@H](OC)[C@H](OC(=O)[C@H](C)CC)[C@@H]12. The summed E-state index contributed by atoms with van der Waals surface area (Å²) in [6, 6.07) is 0. The van der Waals surface area contributed by atoms with Crippen molar-refractivity contribution < 1.29 is 33.7 Å². The van der Waals surface area contributed by atoms with Gasteiger partial charge in [0.15, 0.2) is 0 Å². The molecule has 5 atom stereocenters. The van der Waals surface area contributed by atoms with Crippen molar-refractivity contribution in [3.8, 4) is 0 Å². The van der Waals surface area contributed by atoms with E-state index < -0.39 is 36.2 Å². The van der Waals surface area contributed by atoms with Crippen molar-refractivity contribution in [2.45, 2.75) is 51.4 Å². The van der Waals surface area contributed by atoms with Gasteiger partial charge in [0.2, 0.25) is 0 Å². The molecule has 0 unspecified atom stereocenters. The summed E-state index contributed by atoms with van der Waals surface area (Å²) in [6.07, 6.45) is 3.01. The van der Waals surface area contributed by atoms with E-state index in [1.165, 1.54) is 7.11 Å². The molecule has 1 aliphatic heterocycles. The number of allylic oxidation sites excluding steroid dienone is 1. The highest BCUT2D eigenvalue weighted by molar-refractivity contribution is 5.91. The molecule has 7 nitrogen and oxygen atoms in total. The average molecular weight is 392 g/mol. The molecule has 0 radical (unpaired) electrons. The van der Waals surface area contributed by atoms with Gasteiger partial charge in [-0.15, -0.1) is 0 Å². The van der Waals surface area contributed by atoms with Crippen LogP contribution in [0.1, 0.15) is 33.1 Å². The number of esters is 2. The summed E-state index contributed by atoms with van der Waals surface area (Å²) in [6.45, 7) is 7.22. The molecule has 7 heteroatoms. The molecule has 28 heavy (non-hydrogen) atoms. The standard InChI is InChI=1S/C21H28O7/c1-5-12(2)20(24)28-19-17-13(3)21(25)27-16(17)9-14(10-22)7-6-8-15(11-23)18(19)26-4/h8-9,11-12,16-19,22H,3,5-7,10H2,1-2,4H3/b14-9-,15-8+/t12-,16-,17+,18+,19-/m1/s1. The van der Waals surface area contributed by atoms with Gasteiger partial charge in [0, 0.05) is 18.3 Å². The Morgan fingerprint density at radius 1 is 1.50 bits per heavy atom. The quantitative estimate of drug-likeness (QED) is 0.319. The monoisotopic (exact) mass is 392 g/mol. The van der Waals surface area contributed by atoms with Gasteiger partial charge in [-0.05, 0) is 30.9 Å². The first-order valence-corrected chi connectivity index (χ1v) is 9.46. The van der Waals surface area contributed by atoms with Crippen molar-refractivity contribution in [1.82, 2.24) is 0 Å². The van der Waals surface area contributed by atoms with Gasteiger partial charge in [-0.25, -0.2) is 4.79 Å². The zero-order valence-corrected chi connectivity index (χ0v) is 16.6. The molecule has 1 saturated heterocycles. The highest BCUT2D eigenvalue weighted by Crippen LogP contribution is 2.37. The molecule has 154 valence electrons. The highest BCUT2D eigenvalue weighted by atomic mass is 16.6. The van der Waals surface area contributed by atoms with Gasteiger partial charge in [-0.1, -0.05) is 26.5 Å². The van der Waals surface area contributed by atoms with Crippen LogP contribution in [0, 0.1) is 11.8 Å². The van der Waals surface area contributed by atoms with Crippen molar-refractivity contribution in [1.29, 1.82) is 0 Å². The molecule has 1 fully saturated rings. The van der Waals surface area contributed by atoms with Gasteiger partial charge in [0.25, 0.3) is 0 Å². The second kappa shape index (κ2) is 9.80. The molecule has 2 aliphatic rings. The first-order chi connectivity index (χ1) is 13.4. The normalized spacial score (nSPS) is 32.9. The minimum atomic E-state index is -0.971. The zero-order valence-electron chi connectivity index (χ0n) is 16.6. The van der Waals surface area contributed by atoms with Crippen LogP contribution in [0.5, 0.6) is 0 Å². The molecule has 0 aromatic carbocycles. The number of hydrogen-bond acceptors (Lipinski definition) is 7. The number of ether oxygens (including phenoxy) is 3. The smallest absolute Gasteiger partial charge is 0.334 e. The largest absolute Gasteiger partial charge is 0.458 e. The maximum Gasteiger partial charge on any atom is 0.334 e. The summed E-state index contributed by atoms with van der Waals surface area (Å²) in [7, 11) is 1.42. The number of aliphatic hydroxyl groups excluding tert-OH is 1. The minimum absolute atomic E-state index is 0.147. The van der Waals surface area contributed by atoms with E-state index in [2.05, 4.69) is 6.58 Å². The first-order valence-electron chi connectivity index (χ1n) is 9.46. The third-order valence-electron chi connectivity index (χ3n) is 5.35. The van der Waals surface area contributed by atoms with Crippen LogP contribution < -0.4 is 0 Å². The van der Waals surface area contributed by atoms with Gasteiger partial charge in [0.05, 0.1) is 18.4 Å². The summed E-state index contributed by atoms with van der Waals surface area (Å²) in [5.74, 6) is -2.13. The molecule has 1 heterocycles. The molecule has 1 aliphatic carbocycles. The van der Waals surface area contributed by atoms with Crippen molar-refractivity contribution in [3.63, 3.8) is 0 Å². The summed E-state index contributed by atoms with van der Waals surface area (Å²) in [4.78, 5) is 36.5. The van der Waals surface area contributed by atoms with Crippen LogP contribution in [-0.4, -0.2) is 55.4 Å². The van der Waals surface area contributed by atoms with E-state index in [1.54, 1.807) is 19.1 Å². The molecular formula is C21H28O7.